The van der Waals surface area contributed by atoms with E-state index in [4.69, 9.17) is 5.73 Å². The first-order chi connectivity index (χ1) is 8.67. The summed E-state index contributed by atoms with van der Waals surface area (Å²) < 4.78 is 13.2. The van der Waals surface area contributed by atoms with Crippen LogP contribution in [0.4, 0.5) is 4.39 Å². The third-order valence-electron chi connectivity index (χ3n) is 3.84. The maximum absolute atomic E-state index is 13.2. The highest BCUT2D eigenvalue weighted by atomic mass is 32.1. The zero-order valence-corrected chi connectivity index (χ0v) is 11.0. The molecule has 18 heavy (non-hydrogen) atoms. The summed E-state index contributed by atoms with van der Waals surface area (Å²) in [6.07, 6.45) is 3.77. The molecule has 0 bridgehead atoms. The van der Waals surface area contributed by atoms with Crippen LogP contribution in [-0.2, 0) is 18.4 Å². The number of hydrogen-bond donors (Lipinski definition) is 1. The average Bonchev–Trinajstić information content (AvgIpc) is 2.96. The second kappa shape index (κ2) is 4.48. The van der Waals surface area contributed by atoms with Crippen molar-refractivity contribution in [3.8, 4) is 0 Å². The van der Waals surface area contributed by atoms with E-state index in [0.717, 1.165) is 36.8 Å². The molecule has 0 saturated heterocycles. The van der Waals surface area contributed by atoms with Gasteiger partial charge >= 0.3 is 0 Å². The highest BCUT2D eigenvalue weighted by molar-refractivity contribution is 7.09. The van der Waals surface area contributed by atoms with Gasteiger partial charge in [0.05, 0.1) is 0 Å². The van der Waals surface area contributed by atoms with Gasteiger partial charge in [-0.25, -0.2) is 4.39 Å². The second-order valence-corrected chi connectivity index (χ2v) is 6.07. The van der Waals surface area contributed by atoms with Crippen LogP contribution in [0, 0.1) is 5.82 Å². The second-order valence-electron chi connectivity index (χ2n) is 5.04. The molecule has 1 aliphatic rings. The number of halogens is 1. The smallest absolute Gasteiger partial charge is 0.123 e. The van der Waals surface area contributed by atoms with Gasteiger partial charge in [0.2, 0.25) is 0 Å². The lowest BCUT2D eigenvalue weighted by Gasteiger charge is -2.25. The monoisotopic (exact) mass is 261 g/mol. The van der Waals surface area contributed by atoms with E-state index in [1.807, 2.05) is 6.07 Å². The molecule has 3 heteroatoms. The zero-order valence-electron chi connectivity index (χ0n) is 10.2. The van der Waals surface area contributed by atoms with Crippen LogP contribution >= 0.6 is 11.3 Å². The Labute approximate surface area is 110 Å². The number of fused-ring (bicyclic) bond motifs is 1. The van der Waals surface area contributed by atoms with Crippen molar-refractivity contribution in [1.82, 2.24) is 0 Å². The molecule has 2 N–H and O–H groups in total. The zero-order chi connectivity index (χ0) is 12.6. The molecule has 0 spiro atoms. The molecular formula is C15H16FNS. The van der Waals surface area contributed by atoms with E-state index in [0.29, 0.717) is 0 Å². The maximum Gasteiger partial charge on any atom is 0.123 e. The predicted octanol–water partition coefficient (Wildman–Crippen LogP) is 3.62. The van der Waals surface area contributed by atoms with Crippen LogP contribution in [0.1, 0.15) is 28.8 Å². The molecule has 0 aliphatic heterocycles. The summed E-state index contributed by atoms with van der Waals surface area (Å²) in [5, 5.41) is 2.09. The van der Waals surface area contributed by atoms with E-state index < -0.39 is 0 Å². The van der Waals surface area contributed by atoms with E-state index in [1.54, 1.807) is 17.4 Å². The summed E-state index contributed by atoms with van der Waals surface area (Å²) >= 11 is 1.77. The molecule has 1 aromatic carbocycles. The molecule has 1 nitrogen and oxygen atoms in total. The SMILES string of the molecule is NC1(CCc2cccs2)CCc2cc(F)ccc21. The number of thiophene rings is 1. The number of rotatable bonds is 3. The van der Waals surface area contributed by atoms with Gasteiger partial charge < -0.3 is 5.73 Å². The molecule has 0 amide bonds. The fourth-order valence-electron chi connectivity index (χ4n) is 2.81. The summed E-state index contributed by atoms with van der Waals surface area (Å²) in [5.74, 6) is -0.156. The van der Waals surface area contributed by atoms with E-state index in [9.17, 15) is 4.39 Å². The highest BCUT2D eigenvalue weighted by Crippen LogP contribution is 2.38. The standard InChI is InChI=1S/C15H16FNS/c16-12-3-4-14-11(10-12)5-7-15(14,17)8-6-13-2-1-9-18-13/h1-4,9-10H,5-8,17H2. The molecule has 0 radical (unpaired) electrons. The lowest BCUT2D eigenvalue weighted by Crippen LogP contribution is -2.34. The first kappa shape index (κ1) is 11.9. The Hall–Kier alpha value is -1.19. The van der Waals surface area contributed by atoms with Gasteiger partial charge in [0.25, 0.3) is 0 Å². The van der Waals surface area contributed by atoms with E-state index in [-0.39, 0.29) is 11.4 Å². The number of nitrogens with two attached hydrogens (primary N) is 1. The first-order valence-corrected chi connectivity index (χ1v) is 7.15. The fraction of sp³-hybridized carbons (Fsp3) is 0.333. The molecule has 1 aliphatic carbocycles. The summed E-state index contributed by atoms with van der Waals surface area (Å²) in [6.45, 7) is 0. The predicted molar refractivity (Wildman–Crippen MR) is 73.2 cm³/mol. The molecule has 1 heterocycles. The Bertz CT molecular complexity index is 550. The molecule has 2 aromatic rings. The van der Waals surface area contributed by atoms with Crippen molar-refractivity contribution in [2.45, 2.75) is 31.2 Å². The van der Waals surface area contributed by atoms with Crippen molar-refractivity contribution in [2.24, 2.45) is 5.73 Å². The van der Waals surface area contributed by atoms with Crippen LogP contribution in [0.3, 0.4) is 0 Å². The number of hydrogen-bond acceptors (Lipinski definition) is 2. The van der Waals surface area contributed by atoms with Gasteiger partial charge in [-0.3, -0.25) is 0 Å². The van der Waals surface area contributed by atoms with Crippen molar-refractivity contribution in [1.29, 1.82) is 0 Å². The van der Waals surface area contributed by atoms with Crippen molar-refractivity contribution >= 4 is 11.3 Å². The van der Waals surface area contributed by atoms with Gasteiger partial charge in [0.1, 0.15) is 5.82 Å². The lowest BCUT2D eigenvalue weighted by molar-refractivity contribution is 0.408. The third kappa shape index (κ3) is 2.08. The van der Waals surface area contributed by atoms with Crippen LogP contribution in [-0.4, -0.2) is 0 Å². The summed E-state index contributed by atoms with van der Waals surface area (Å²) in [5.41, 5.74) is 8.47. The minimum Gasteiger partial charge on any atom is -0.321 e. The molecule has 3 rings (SSSR count). The summed E-state index contributed by atoms with van der Waals surface area (Å²) in [7, 11) is 0. The van der Waals surface area contributed by atoms with Gasteiger partial charge in [-0.2, -0.15) is 0 Å². The minimum absolute atomic E-state index is 0.156. The molecule has 1 unspecified atom stereocenters. The Balaban J connectivity index is 1.81. The molecule has 1 aromatic heterocycles. The van der Waals surface area contributed by atoms with E-state index in [2.05, 4.69) is 17.5 Å². The Morgan fingerprint density at radius 2 is 2.22 bits per heavy atom. The summed E-state index contributed by atoms with van der Waals surface area (Å²) in [4.78, 5) is 1.37. The van der Waals surface area contributed by atoms with Gasteiger partial charge in [0, 0.05) is 10.4 Å². The Morgan fingerprint density at radius 1 is 1.33 bits per heavy atom. The number of aryl methyl sites for hydroxylation is 2. The lowest BCUT2D eigenvalue weighted by atomic mass is 9.88. The van der Waals surface area contributed by atoms with Crippen molar-refractivity contribution < 1.29 is 4.39 Å². The van der Waals surface area contributed by atoms with Crippen molar-refractivity contribution in [3.63, 3.8) is 0 Å². The van der Waals surface area contributed by atoms with Gasteiger partial charge in [-0.15, -0.1) is 11.3 Å². The molecule has 94 valence electrons. The fourth-order valence-corrected chi connectivity index (χ4v) is 3.52. The maximum atomic E-state index is 13.2. The van der Waals surface area contributed by atoms with Crippen LogP contribution < -0.4 is 5.73 Å². The Morgan fingerprint density at radius 3 is 3.00 bits per heavy atom. The van der Waals surface area contributed by atoms with Crippen LogP contribution in [0.25, 0.3) is 0 Å². The van der Waals surface area contributed by atoms with Gasteiger partial charge in [-0.05, 0) is 60.4 Å². The quantitative estimate of drug-likeness (QED) is 0.897. The van der Waals surface area contributed by atoms with Gasteiger partial charge in [0.15, 0.2) is 0 Å². The third-order valence-corrected chi connectivity index (χ3v) is 4.78. The van der Waals surface area contributed by atoms with Crippen LogP contribution in [0.2, 0.25) is 0 Å². The van der Waals surface area contributed by atoms with Crippen molar-refractivity contribution in [2.75, 3.05) is 0 Å². The molecule has 0 fully saturated rings. The summed E-state index contributed by atoms with van der Waals surface area (Å²) in [6, 6.07) is 9.24. The van der Waals surface area contributed by atoms with Gasteiger partial charge in [-0.1, -0.05) is 12.1 Å². The Kier molecular flexibility index (Phi) is 2.96. The van der Waals surface area contributed by atoms with E-state index >= 15 is 0 Å². The normalized spacial score (nSPS) is 22.1. The van der Waals surface area contributed by atoms with Crippen molar-refractivity contribution in [3.05, 3.63) is 57.5 Å². The minimum atomic E-state index is -0.271. The average molecular weight is 261 g/mol. The molecule has 1 atom stereocenters. The highest BCUT2D eigenvalue weighted by Gasteiger charge is 2.34. The van der Waals surface area contributed by atoms with Crippen LogP contribution in [0.5, 0.6) is 0 Å². The molecular weight excluding hydrogens is 245 g/mol. The largest absolute Gasteiger partial charge is 0.321 e. The van der Waals surface area contributed by atoms with Crippen LogP contribution in [0.15, 0.2) is 35.7 Å². The first-order valence-electron chi connectivity index (χ1n) is 6.28. The topological polar surface area (TPSA) is 26.0 Å². The number of benzene rings is 1. The van der Waals surface area contributed by atoms with E-state index in [1.165, 1.54) is 10.9 Å². The molecule has 0 saturated carbocycles.